The Morgan fingerprint density at radius 2 is 2.32 bits per heavy atom. The third kappa shape index (κ3) is 2.84. The Morgan fingerprint density at radius 3 is 2.95 bits per heavy atom. The minimum atomic E-state index is -0.393. The van der Waals surface area contributed by atoms with Crippen molar-refractivity contribution in [3.05, 3.63) is 29.7 Å². The number of methoxy groups -OCH3 is 1. The Bertz CT molecular complexity index is 629. The molecule has 6 nitrogen and oxygen atoms in total. The van der Waals surface area contributed by atoms with Crippen molar-refractivity contribution < 1.29 is 9.53 Å². The van der Waals surface area contributed by atoms with Crippen LogP contribution >= 0.6 is 30.3 Å². The number of nitrogens with zero attached hydrogens (tertiary/aromatic N) is 3. The van der Waals surface area contributed by atoms with E-state index >= 15 is 0 Å². The lowest BCUT2D eigenvalue weighted by atomic mass is 10.1. The third-order valence-corrected chi connectivity index (χ3v) is 4.24. The van der Waals surface area contributed by atoms with Crippen LogP contribution in [0.15, 0.2) is 18.5 Å². The van der Waals surface area contributed by atoms with Crippen molar-refractivity contribution in [3.8, 4) is 11.3 Å². The Balaban J connectivity index is 2.54. The lowest BCUT2D eigenvalue weighted by Gasteiger charge is -2.02. The zero-order valence-electron chi connectivity index (χ0n) is 10.3. The molecule has 0 bridgehead atoms. The van der Waals surface area contributed by atoms with Crippen LogP contribution in [0.25, 0.3) is 11.3 Å². The molecule has 0 radical (unpaired) electrons. The van der Waals surface area contributed by atoms with E-state index in [4.69, 9.17) is 10.5 Å². The quantitative estimate of drug-likeness (QED) is 0.641. The van der Waals surface area contributed by atoms with Crippen LogP contribution in [0.2, 0.25) is 0 Å². The highest BCUT2D eigenvalue weighted by Gasteiger charge is 2.17. The van der Waals surface area contributed by atoms with E-state index in [1.165, 1.54) is 16.2 Å². The largest absolute Gasteiger partial charge is 0.464 e. The SMILES string of the molecule is COC(=O)c1cc(-c2nc(N)ncc2C)cn1SI. The summed E-state index contributed by atoms with van der Waals surface area (Å²) in [5.74, 6) is -0.190. The van der Waals surface area contributed by atoms with Crippen molar-refractivity contribution >= 4 is 42.2 Å². The molecule has 8 heteroatoms. The Morgan fingerprint density at radius 1 is 1.58 bits per heavy atom. The number of carbonyl (C=O) groups excluding carboxylic acids is 1. The predicted octanol–water partition coefficient (Wildman–Crippen LogP) is 2.47. The summed E-state index contributed by atoms with van der Waals surface area (Å²) in [7, 11) is 2.73. The molecule has 0 aromatic carbocycles. The molecule has 0 aliphatic rings. The fraction of sp³-hybridized carbons (Fsp3) is 0.182. The highest BCUT2D eigenvalue weighted by atomic mass is 127. The molecule has 100 valence electrons. The van der Waals surface area contributed by atoms with Gasteiger partial charge in [0.05, 0.1) is 12.8 Å². The summed E-state index contributed by atoms with van der Waals surface area (Å²) in [6.45, 7) is 1.89. The number of esters is 1. The fourth-order valence-corrected chi connectivity index (χ4v) is 2.96. The number of carbonyl (C=O) groups is 1. The molecular weight excluding hydrogens is 379 g/mol. The van der Waals surface area contributed by atoms with Crippen LogP contribution in [-0.4, -0.2) is 27.0 Å². The van der Waals surface area contributed by atoms with E-state index in [0.717, 1.165) is 11.1 Å². The monoisotopic (exact) mass is 390 g/mol. The van der Waals surface area contributed by atoms with E-state index in [1.54, 1.807) is 16.2 Å². The molecule has 2 heterocycles. The Labute approximate surface area is 126 Å². The normalized spacial score (nSPS) is 10.5. The number of halogens is 1. The first-order valence-corrected chi connectivity index (χ1v) is 8.57. The second-order valence-electron chi connectivity index (χ2n) is 3.76. The smallest absolute Gasteiger partial charge is 0.355 e. The van der Waals surface area contributed by atoms with Gasteiger partial charge in [-0.2, -0.15) is 0 Å². The number of aryl methyl sites for hydroxylation is 1. The zero-order valence-corrected chi connectivity index (χ0v) is 13.2. The lowest BCUT2D eigenvalue weighted by Crippen LogP contribution is -2.04. The molecule has 19 heavy (non-hydrogen) atoms. The number of hydrogen-bond acceptors (Lipinski definition) is 6. The molecule has 0 spiro atoms. The van der Waals surface area contributed by atoms with Crippen molar-refractivity contribution in [3.63, 3.8) is 0 Å². The van der Waals surface area contributed by atoms with Crippen LogP contribution in [-0.2, 0) is 4.74 Å². The summed E-state index contributed by atoms with van der Waals surface area (Å²) in [5.41, 5.74) is 8.46. The van der Waals surface area contributed by atoms with Crippen molar-refractivity contribution in [1.29, 1.82) is 0 Å². The first-order chi connectivity index (χ1) is 9.06. The summed E-state index contributed by atoms with van der Waals surface area (Å²) >= 11 is 2.09. The van der Waals surface area contributed by atoms with E-state index in [2.05, 4.69) is 31.2 Å². The number of anilines is 1. The van der Waals surface area contributed by atoms with Gasteiger partial charge in [-0.25, -0.2) is 14.8 Å². The number of ether oxygens (including phenoxy) is 1. The van der Waals surface area contributed by atoms with Crippen molar-refractivity contribution in [2.24, 2.45) is 0 Å². The molecule has 2 rings (SSSR count). The van der Waals surface area contributed by atoms with E-state index < -0.39 is 5.97 Å². The van der Waals surface area contributed by atoms with Gasteiger partial charge in [0.2, 0.25) is 5.95 Å². The Kier molecular flexibility index (Phi) is 4.30. The van der Waals surface area contributed by atoms with E-state index in [1.807, 2.05) is 13.1 Å². The maximum atomic E-state index is 11.7. The third-order valence-electron chi connectivity index (χ3n) is 2.52. The fourth-order valence-electron chi connectivity index (χ4n) is 1.63. The molecule has 0 aliphatic heterocycles. The zero-order chi connectivity index (χ0) is 14.0. The Hall–Kier alpha value is -1.29. The molecule has 0 amide bonds. The average molecular weight is 390 g/mol. The number of nitrogens with two attached hydrogens (primary N) is 1. The lowest BCUT2D eigenvalue weighted by molar-refractivity contribution is 0.0593. The first-order valence-electron chi connectivity index (χ1n) is 5.26. The van der Waals surface area contributed by atoms with Crippen LogP contribution in [0.4, 0.5) is 5.95 Å². The van der Waals surface area contributed by atoms with Crippen molar-refractivity contribution in [2.45, 2.75) is 6.92 Å². The summed E-state index contributed by atoms with van der Waals surface area (Å²) in [4.78, 5) is 19.8. The van der Waals surface area contributed by atoms with Crippen LogP contribution < -0.4 is 5.73 Å². The highest BCUT2D eigenvalue weighted by Crippen LogP contribution is 2.28. The van der Waals surface area contributed by atoms with E-state index in [0.29, 0.717) is 11.4 Å². The molecule has 0 unspecified atom stereocenters. The van der Waals surface area contributed by atoms with Gasteiger partial charge < -0.3 is 10.5 Å². The summed E-state index contributed by atoms with van der Waals surface area (Å²) < 4.78 is 6.47. The number of hydrogen-bond donors (Lipinski definition) is 1. The molecule has 0 saturated heterocycles. The van der Waals surface area contributed by atoms with Gasteiger partial charge in [0.15, 0.2) is 0 Å². The molecule has 2 N–H and O–H groups in total. The number of aromatic nitrogens is 3. The van der Waals surface area contributed by atoms with Gasteiger partial charge in [0, 0.05) is 48.3 Å². The molecule has 2 aromatic rings. The molecule has 0 fully saturated rings. The second-order valence-corrected chi connectivity index (χ2v) is 5.47. The molecule has 0 aliphatic carbocycles. The molecule has 0 saturated carbocycles. The maximum absolute atomic E-state index is 11.7. The summed E-state index contributed by atoms with van der Waals surface area (Å²) in [5, 5.41) is 0. The summed E-state index contributed by atoms with van der Waals surface area (Å²) in [6.07, 6.45) is 3.47. The summed E-state index contributed by atoms with van der Waals surface area (Å²) in [6, 6.07) is 1.73. The van der Waals surface area contributed by atoms with Gasteiger partial charge in [-0.3, -0.25) is 3.97 Å². The van der Waals surface area contributed by atoms with Crippen LogP contribution in [0.1, 0.15) is 16.1 Å². The van der Waals surface area contributed by atoms with E-state index in [9.17, 15) is 4.79 Å². The van der Waals surface area contributed by atoms with Gasteiger partial charge >= 0.3 is 5.97 Å². The average Bonchev–Trinajstić information content (AvgIpc) is 2.84. The minimum absolute atomic E-state index is 0.204. The van der Waals surface area contributed by atoms with Gasteiger partial charge in [-0.15, -0.1) is 0 Å². The van der Waals surface area contributed by atoms with Gasteiger partial charge in [0.1, 0.15) is 5.69 Å². The van der Waals surface area contributed by atoms with Crippen LogP contribution in [0, 0.1) is 6.92 Å². The molecule has 0 atom stereocenters. The maximum Gasteiger partial charge on any atom is 0.355 e. The highest BCUT2D eigenvalue weighted by molar-refractivity contribution is 14.2. The van der Waals surface area contributed by atoms with Gasteiger partial charge in [0.25, 0.3) is 0 Å². The topological polar surface area (TPSA) is 83.0 Å². The van der Waals surface area contributed by atoms with Gasteiger partial charge in [-0.05, 0) is 18.6 Å². The minimum Gasteiger partial charge on any atom is -0.464 e. The van der Waals surface area contributed by atoms with Crippen molar-refractivity contribution in [1.82, 2.24) is 13.9 Å². The second kappa shape index (κ2) is 5.78. The number of rotatable bonds is 3. The predicted molar refractivity (Wildman–Crippen MR) is 83.0 cm³/mol. The molecule has 2 aromatic heterocycles. The van der Waals surface area contributed by atoms with E-state index in [-0.39, 0.29) is 5.95 Å². The number of nitrogen functional groups attached to an aromatic ring is 1. The van der Waals surface area contributed by atoms with Crippen LogP contribution in [0.3, 0.4) is 0 Å². The van der Waals surface area contributed by atoms with Gasteiger partial charge in [-0.1, -0.05) is 0 Å². The standard InChI is InChI=1S/C11H11IN4O2S/c1-6-4-14-11(13)15-9(6)7-3-8(10(17)18-2)16(5-7)19-12/h3-5H,1-2H3,(H2,13,14,15). The first kappa shape index (κ1) is 14.1. The van der Waals surface area contributed by atoms with Crippen molar-refractivity contribution in [2.75, 3.05) is 12.8 Å². The van der Waals surface area contributed by atoms with Crippen LogP contribution in [0.5, 0.6) is 0 Å². The molecular formula is C11H11IN4O2S.